The lowest BCUT2D eigenvalue weighted by atomic mass is 10.2. The van der Waals surface area contributed by atoms with Crippen molar-refractivity contribution in [2.24, 2.45) is 5.92 Å². The van der Waals surface area contributed by atoms with Crippen LogP contribution in [0.5, 0.6) is 0 Å². The van der Waals surface area contributed by atoms with Gasteiger partial charge in [0, 0.05) is 5.92 Å². The first-order valence-corrected chi connectivity index (χ1v) is 5.17. The molecule has 0 saturated heterocycles. The summed E-state index contributed by atoms with van der Waals surface area (Å²) < 4.78 is 29.8. The molecule has 1 atom stereocenters. The molecule has 0 heterocycles. The van der Waals surface area contributed by atoms with Crippen molar-refractivity contribution in [2.75, 3.05) is 19.5 Å². The van der Waals surface area contributed by atoms with Gasteiger partial charge in [0.1, 0.15) is 0 Å². The predicted octanol–water partition coefficient (Wildman–Crippen LogP) is -0.228. The lowest BCUT2D eigenvalue weighted by Crippen LogP contribution is -2.15. The first kappa shape index (κ1) is 11.4. The summed E-state index contributed by atoms with van der Waals surface area (Å²) in [7, 11) is -3.39. The third-order valence-corrected chi connectivity index (χ3v) is 1.58. The molecule has 0 aromatic carbocycles. The van der Waals surface area contributed by atoms with Gasteiger partial charge < -0.3 is 4.74 Å². The molecule has 0 bridgehead atoms. The summed E-state index contributed by atoms with van der Waals surface area (Å²) in [5.74, 6) is -0.120. The average Bonchev–Trinajstić information content (AvgIpc) is 1.95. The van der Waals surface area contributed by atoms with Crippen LogP contribution in [0.4, 0.5) is 0 Å². The van der Waals surface area contributed by atoms with Crippen LogP contribution in [0.15, 0.2) is 0 Å². The van der Waals surface area contributed by atoms with E-state index >= 15 is 0 Å². The first-order chi connectivity index (χ1) is 5.45. The molecule has 0 aliphatic carbocycles. The van der Waals surface area contributed by atoms with Crippen LogP contribution in [-0.4, -0.2) is 34.4 Å². The Morgan fingerprint density at radius 3 is 2.42 bits per heavy atom. The van der Waals surface area contributed by atoms with E-state index in [0.29, 0.717) is 6.47 Å². The minimum Gasteiger partial charge on any atom is -0.468 e. The molecule has 0 saturated carbocycles. The van der Waals surface area contributed by atoms with Crippen molar-refractivity contribution in [3.8, 4) is 0 Å². The van der Waals surface area contributed by atoms with Crippen LogP contribution in [0.25, 0.3) is 0 Å². The fourth-order valence-corrected chi connectivity index (χ4v) is 0.971. The zero-order chi connectivity index (χ0) is 9.61. The molecule has 5 nitrogen and oxygen atoms in total. The Labute approximate surface area is 71.8 Å². The normalized spacial score (nSPS) is 13.8. The van der Waals surface area contributed by atoms with Gasteiger partial charge in [-0.05, 0) is 0 Å². The van der Waals surface area contributed by atoms with Gasteiger partial charge >= 0.3 is 0 Å². The molecule has 0 amide bonds. The van der Waals surface area contributed by atoms with Gasteiger partial charge in [-0.3, -0.25) is 8.98 Å². The van der Waals surface area contributed by atoms with Gasteiger partial charge in [-0.1, -0.05) is 6.92 Å². The van der Waals surface area contributed by atoms with Crippen molar-refractivity contribution in [1.29, 1.82) is 0 Å². The van der Waals surface area contributed by atoms with Crippen molar-refractivity contribution >= 4 is 16.6 Å². The molecule has 0 radical (unpaired) electrons. The zero-order valence-electron chi connectivity index (χ0n) is 7.02. The van der Waals surface area contributed by atoms with E-state index in [0.717, 1.165) is 6.26 Å². The number of hydrogen-bond donors (Lipinski definition) is 0. The van der Waals surface area contributed by atoms with Crippen molar-refractivity contribution < 1.29 is 22.1 Å². The van der Waals surface area contributed by atoms with E-state index in [1.165, 1.54) is 0 Å². The molecular formula is C6H12O5S. The Morgan fingerprint density at radius 1 is 1.42 bits per heavy atom. The van der Waals surface area contributed by atoms with Crippen molar-refractivity contribution in [3.05, 3.63) is 0 Å². The Bertz CT molecular complexity index is 220. The fourth-order valence-electron chi connectivity index (χ4n) is 0.491. The third kappa shape index (κ3) is 7.49. The van der Waals surface area contributed by atoms with Crippen LogP contribution in [0, 0.1) is 5.92 Å². The lowest BCUT2D eigenvalue weighted by Gasteiger charge is -2.08. The summed E-state index contributed by atoms with van der Waals surface area (Å²) in [6, 6.07) is 0. The number of carbonyl (C=O) groups excluding carboxylic acids is 1. The van der Waals surface area contributed by atoms with Gasteiger partial charge in [-0.15, -0.1) is 0 Å². The molecule has 12 heavy (non-hydrogen) atoms. The Kier molecular flexibility index (Phi) is 4.84. The van der Waals surface area contributed by atoms with E-state index in [1.54, 1.807) is 6.92 Å². The quantitative estimate of drug-likeness (QED) is 0.433. The minimum absolute atomic E-state index is 0.0344. The summed E-state index contributed by atoms with van der Waals surface area (Å²) in [5, 5.41) is 0. The summed E-state index contributed by atoms with van der Waals surface area (Å²) in [6.45, 7) is 2.23. The molecular weight excluding hydrogens is 184 g/mol. The van der Waals surface area contributed by atoms with Gasteiger partial charge in [0.25, 0.3) is 16.6 Å². The van der Waals surface area contributed by atoms with Crippen LogP contribution < -0.4 is 0 Å². The van der Waals surface area contributed by atoms with Crippen LogP contribution >= 0.6 is 0 Å². The number of carbonyl (C=O) groups is 1. The molecule has 0 aromatic heterocycles. The second-order valence-electron chi connectivity index (χ2n) is 2.52. The molecule has 0 aromatic rings. The van der Waals surface area contributed by atoms with Crippen molar-refractivity contribution in [3.63, 3.8) is 0 Å². The van der Waals surface area contributed by atoms with Crippen LogP contribution in [0.3, 0.4) is 0 Å². The third-order valence-electron chi connectivity index (χ3n) is 1.02. The molecule has 0 fully saturated rings. The van der Waals surface area contributed by atoms with Gasteiger partial charge in [0.15, 0.2) is 0 Å². The second-order valence-corrected chi connectivity index (χ2v) is 4.17. The maximum Gasteiger partial charge on any atom is 0.293 e. The maximum atomic E-state index is 10.5. The second kappa shape index (κ2) is 5.10. The maximum absolute atomic E-state index is 10.5. The van der Waals surface area contributed by atoms with E-state index in [2.05, 4.69) is 8.92 Å². The first-order valence-electron chi connectivity index (χ1n) is 3.35. The molecule has 0 aliphatic heterocycles. The number of rotatable bonds is 6. The molecule has 0 rings (SSSR count). The Morgan fingerprint density at radius 2 is 2.00 bits per heavy atom. The molecule has 6 heteroatoms. The summed E-state index contributed by atoms with van der Waals surface area (Å²) >= 11 is 0. The molecule has 72 valence electrons. The summed E-state index contributed by atoms with van der Waals surface area (Å²) in [4.78, 5) is 9.73. The molecule has 0 spiro atoms. The zero-order valence-corrected chi connectivity index (χ0v) is 7.83. The fraction of sp³-hybridized carbons (Fsp3) is 0.833. The number of ether oxygens (including phenoxy) is 1. The molecule has 0 aliphatic rings. The van der Waals surface area contributed by atoms with Crippen LogP contribution in [0.2, 0.25) is 0 Å². The molecule has 1 unspecified atom stereocenters. The van der Waals surface area contributed by atoms with Crippen molar-refractivity contribution in [1.82, 2.24) is 0 Å². The van der Waals surface area contributed by atoms with E-state index < -0.39 is 10.1 Å². The van der Waals surface area contributed by atoms with Crippen LogP contribution in [0.1, 0.15) is 6.92 Å². The van der Waals surface area contributed by atoms with Gasteiger partial charge in [0.05, 0.1) is 19.5 Å². The standard InChI is InChI=1S/C6H12O5S/c1-6(3-10-5-7)4-11-12(2,8)9/h5-6H,3-4H2,1-2H3. The average molecular weight is 196 g/mol. The van der Waals surface area contributed by atoms with E-state index in [-0.39, 0.29) is 19.1 Å². The molecule has 0 N–H and O–H groups in total. The van der Waals surface area contributed by atoms with Gasteiger partial charge in [-0.2, -0.15) is 8.42 Å². The van der Waals surface area contributed by atoms with Gasteiger partial charge in [0.2, 0.25) is 0 Å². The smallest absolute Gasteiger partial charge is 0.293 e. The van der Waals surface area contributed by atoms with Gasteiger partial charge in [-0.25, -0.2) is 0 Å². The van der Waals surface area contributed by atoms with E-state index in [1.807, 2.05) is 0 Å². The highest BCUT2D eigenvalue weighted by Gasteiger charge is 2.07. The highest BCUT2D eigenvalue weighted by atomic mass is 32.2. The summed E-state index contributed by atoms with van der Waals surface area (Å²) in [5.41, 5.74) is 0. The van der Waals surface area contributed by atoms with E-state index in [4.69, 9.17) is 0 Å². The largest absolute Gasteiger partial charge is 0.468 e. The Hall–Kier alpha value is -0.620. The van der Waals surface area contributed by atoms with Crippen LogP contribution in [-0.2, 0) is 23.8 Å². The summed E-state index contributed by atoms with van der Waals surface area (Å²) in [6.07, 6.45) is 0.973. The minimum atomic E-state index is -3.39. The SMILES string of the molecule is CC(COC=O)COS(C)(=O)=O. The highest BCUT2D eigenvalue weighted by Crippen LogP contribution is 1.98. The van der Waals surface area contributed by atoms with Crippen molar-refractivity contribution in [2.45, 2.75) is 6.92 Å². The Balaban J connectivity index is 3.57. The highest BCUT2D eigenvalue weighted by molar-refractivity contribution is 7.85. The lowest BCUT2D eigenvalue weighted by molar-refractivity contribution is -0.130. The topological polar surface area (TPSA) is 69.7 Å². The monoisotopic (exact) mass is 196 g/mol. The number of hydrogen-bond acceptors (Lipinski definition) is 5. The van der Waals surface area contributed by atoms with E-state index in [9.17, 15) is 13.2 Å². The predicted molar refractivity (Wildman–Crippen MR) is 42.0 cm³/mol.